The predicted molar refractivity (Wildman–Crippen MR) is 98.1 cm³/mol. The molecule has 0 saturated carbocycles. The summed E-state index contributed by atoms with van der Waals surface area (Å²) >= 11 is 0. The van der Waals surface area contributed by atoms with Crippen molar-refractivity contribution in [1.82, 2.24) is 5.32 Å². The first-order valence-electron chi connectivity index (χ1n) is 8.14. The predicted octanol–water partition coefficient (Wildman–Crippen LogP) is 2.77. The van der Waals surface area contributed by atoms with Gasteiger partial charge in [-0.05, 0) is 42.8 Å². The molecule has 2 rings (SSSR count). The summed E-state index contributed by atoms with van der Waals surface area (Å²) in [6, 6.07) is 10.5. The Hall–Kier alpha value is -3.02. The van der Waals surface area contributed by atoms with Crippen molar-refractivity contribution in [2.45, 2.75) is 19.9 Å². The molecule has 1 amide bonds. The van der Waals surface area contributed by atoms with Gasteiger partial charge in [-0.15, -0.1) is 0 Å². The average molecular weight is 357 g/mol. The van der Waals surface area contributed by atoms with E-state index in [0.717, 1.165) is 5.56 Å². The number of benzene rings is 2. The van der Waals surface area contributed by atoms with Gasteiger partial charge in [-0.2, -0.15) is 0 Å². The van der Waals surface area contributed by atoms with Crippen molar-refractivity contribution in [2.75, 3.05) is 21.3 Å². The molecule has 0 fully saturated rings. The number of ether oxygens (including phenoxy) is 3. The summed E-state index contributed by atoms with van der Waals surface area (Å²) in [5, 5.41) is 2.86. The maximum Gasteiger partial charge on any atom is 0.224 e. The summed E-state index contributed by atoms with van der Waals surface area (Å²) in [7, 11) is 4.67. The monoisotopic (exact) mass is 357 g/mol. The second-order valence-corrected chi connectivity index (χ2v) is 5.73. The van der Waals surface area contributed by atoms with Crippen molar-refractivity contribution in [3.05, 3.63) is 53.1 Å². The van der Waals surface area contributed by atoms with Gasteiger partial charge < -0.3 is 19.5 Å². The highest BCUT2D eigenvalue weighted by Crippen LogP contribution is 2.27. The van der Waals surface area contributed by atoms with Gasteiger partial charge in [0.1, 0.15) is 5.75 Å². The van der Waals surface area contributed by atoms with Crippen molar-refractivity contribution in [3.8, 4) is 17.2 Å². The Bertz CT molecular complexity index is 801. The van der Waals surface area contributed by atoms with Gasteiger partial charge in [0.05, 0.1) is 27.8 Å². The normalized spacial score (nSPS) is 10.2. The highest BCUT2D eigenvalue weighted by atomic mass is 16.5. The number of carbonyl (C=O) groups is 2. The van der Waals surface area contributed by atoms with E-state index in [1.54, 1.807) is 38.5 Å². The van der Waals surface area contributed by atoms with E-state index in [2.05, 4.69) is 5.32 Å². The number of hydrogen-bond donors (Lipinski definition) is 1. The first kappa shape index (κ1) is 19.3. The van der Waals surface area contributed by atoms with Gasteiger partial charge in [0.25, 0.3) is 0 Å². The van der Waals surface area contributed by atoms with Crippen LogP contribution in [0.25, 0.3) is 0 Å². The van der Waals surface area contributed by atoms with Crippen molar-refractivity contribution < 1.29 is 23.8 Å². The smallest absolute Gasteiger partial charge is 0.224 e. The molecule has 1 N–H and O–H groups in total. The van der Waals surface area contributed by atoms with Gasteiger partial charge in [-0.25, -0.2) is 0 Å². The number of Topliss-reactive ketones (excluding diaryl/α,β-unsaturated/α-hetero) is 1. The second kappa shape index (κ2) is 8.89. The standard InChI is InChI=1S/C20H23NO5/c1-13(22)15-6-8-17(24-2)16(10-15)11-20(23)21-12-14-5-7-18(25-3)19(9-14)26-4/h5-10H,11-12H2,1-4H3,(H,21,23). The minimum atomic E-state index is -0.168. The molecule has 0 bridgehead atoms. The Morgan fingerprint density at radius 1 is 0.885 bits per heavy atom. The third-order valence-electron chi connectivity index (χ3n) is 3.98. The quantitative estimate of drug-likeness (QED) is 0.736. The maximum atomic E-state index is 12.3. The van der Waals surface area contributed by atoms with E-state index in [1.165, 1.54) is 14.0 Å². The molecule has 26 heavy (non-hydrogen) atoms. The number of amides is 1. The van der Waals surface area contributed by atoms with Gasteiger partial charge in [0.2, 0.25) is 5.91 Å². The van der Waals surface area contributed by atoms with Gasteiger partial charge in [0, 0.05) is 17.7 Å². The molecule has 6 nitrogen and oxygen atoms in total. The molecule has 0 radical (unpaired) electrons. The SMILES string of the molecule is COc1ccc(C(C)=O)cc1CC(=O)NCc1ccc(OC)c(OC)c1. The largest absolute Gasteiger partial charge is 0.496 e. The summed E-state index contributed by atoms with van der Waals surface area (Å²) < 4.78 is 15.7. The fraction of sp³-hybridized carbons (Fsp3) is 0.300. The lowest BCUT2D eigenvalue weighted by atomic mass is 10.0. The summed E-state index contributed by atoms with van der Waals surface area (Å²) in [5.41, 5.74) is 2.11. The van der Waals surface area contributed by atoms with Crippen LogP contribution < -0.4 is 19.5 Å². The van der Waals surface area contributed by atoms with Crippen LogP contribution in [0.1, 0.15) is 28.4 Å². The van der Waals surface area contributed by atoms with E-state index >= 15 is 0 Å². The molecule has 0 aromatic heterocycles. The molecule has 6 heteroatoms. The number of nitrogens with one attached hydrogen (secondary N) is 1. The van der Waals surface area contributed by atoms with Crippen molar-refractivity contribution in [1.29, 1.82) is 0 Å². The van der Waals surface area contributed by atoms with Crippen LogP contribution in [0.5, 0.6) is 17.2 Å². The average Bonchev–Trinajstić information content (AvgIpc) is 2.65. The molecule has 2 aromatic rings. The molecular weight excluding hydrogens is 334 g/mol. The van der Waals surface area contributed by atoms with Crippen LogP contribution in [0.15, 0.2) is 36.4 Å². The molecular formula is C20H23NO5. The Morgan fingerprint density at radius 3 is 2.15 bits per heavy atom. The first-order valence-corrected chi connectivity index (χ1v) is 8.14. The number of methoxy groups -OCH3 is 3. The first-order chi connectivity index (χ1) is 12.5. The molecule has 138 valence electrons. The number of hydrogen-bond acceptors (Lipinski definition) is 5. The van der Waals surface area contributed by atoms with Gasteiger partial charge in [-0.1, -0.05) is 6.07 Å². The van der Waals surface area contributed by atoms with Crippen LogP contribution in [0, 0.1) is 0 Å². The number of carbonyl (C=O) groups excluding carboxylic acids is 2. The Balaban J connectivity index is 2.05. The van der Waals surface area contributed by atoms with E-state index in [9.17, 15) is 9.59 Å². The van der Waals surface area contributed by atoms with Crippen LogP contribution in [0.4, 0.5) is 0 Å². The Kier molecular flexibility index (Phi) is 6.60. The minimum Gasteiger partial charge on any atom is -0.496 e. The van der Waals surface area contributed by atoms with Crippen LogP contribution >= 0.6 is 0 Å². The highest BCUT2D eigenvalue weighted by molar-refractivity contribution is 5.94. The number of ketones is 1. The Labute approximate surface area is 153 Å². The second-order valence-electron chi connectivity index (χ2n) is 5.73. The van der Waals surface area contributed by atoms with E-state index < -0.39 is 0 Å². The molecule has 0 heterocycles. The van der Waals surface area contributed by atoms with Crippen LogP contribution in [0.2, 0.25) is 0 Å². The van der Waals surface area contributed by atoms with Crippen LogP contribution in [-0.2, 0) is 17.8 Å². The number of rotatable bonds is 8. The molecule has 0 atom stereocenters. The topological polar surface area (TPSA) is 73.9 Å². The summed E-state index contributed by atoms with van der Waals surface area (Å²) in [6.07, 6.45) is 0.123. The summed E-state index contributed by atoms with van der Waals surface area (Å²) in [5.74, 6) is 1.60. The fourth-order valence-corrected chi connectivity index (χ4v) is 2.56. The van der Waals surface area contributed by atoms with Crippen molar-refractivity contribution >= 4 is 11.7 Å². The van der Waals surface area contributed by atoms with E-state index in [1.807, 2.05) is 12.1 Å². The lowest BCUT2D eigenvalue weighted by Gasteiger charge is -2.12. The fourth-order valence-electron chi connectivity index (χ4n) is 2.56. The van der Waals surface area contributed by atoms with Crippen LogP contribution in [-0.4, -0.2) is 33.0 Å². The molecule has 0 spiro atoms. The van der Waals surface area contributed by atoms with Crippen molar-refractivity contribution in [2.24, 2.45) is 0 Å². The molecule has 0 aliphatic carbocycles. The third-order valence-corrected chi connectivity index (χ3v) is 3.98. The summed E-state index contributed by atoms with van der Waals surface area (Å²) in [4.78, 5) is 23.8. The minimum absolute atomic E-state index is 0.0559. The third kappa shape index (κ3) is 4.75. The van der Waals surface area contributed by atoms with Crippen molar-refractivity contribution in [3.63, 3.8) is 0 Å². The van der Waals surface area contributed by atoms with E-state index in [0.29, 0.717) is 34.9 Å². The maximum absolute atomic E-state index is 12.3. The van der Waals surface area contributed by atoms with Crippen LogP contribution in [0.3, 0.4) is 0 Å². The molecule has 0 unspecified atom stereocenters. The van der Waals surface area contributed by atoms with Gasteiger partial charge >= 0.3 is 0 Å². The summed E-state index contributed by atoms with van der Waals surface area (Å²) in [6.45, 7) is 1.84. The van der Waals surface area contributed by atoms with Gasteiger partial charge in [-0.3, -0.25) is 9.59 Å². The highest BCUT2D eigenvalue weighted by Gasteiger charge is 2.12. The lowest BCUT2D eigenvalue weighted by Crippen LogP contribution is -2.24. The zero-order chi connectivity index (χ0) is 19.1. The van der Waals surface area contributed by atoms with E-state index in [-0.39, 0.29) is 18.1 Å². The lowest BCUT2D eigenvalue weighted by molar-refractivity contribution is -0.120. The molecule has 0 aliphatic heterocycles. The van der Waals surface area contributed by atoms with E-state index in [4.69, 9.17) is 14.2 Å². The zero-order valence-electron chi connectivity index (χ0n) is 15.4. The Morgan fingerprint density at radius 2 is 1.54 bits per heavy atom. The molecule has 2 aromatic carbocycles. The molecule has 0 aliphatic rings. The molecule has 0 saturated heterocycles. The zero-order valence-corrected chi connectivity index (χ0v) is 15.4. The van der Waals surface area contributed by atoms with Gasteiger partial charge in [0.15, 0.2) is 17.3 Å².